The van der Waals surface area contributed by atoms with E-state index in [0.717, 1.165) is 5.75 Å². The van der Waals surface area contributed by atoms with Crippen LogP contribution in [0.2, 0.25) is 0 Å². The molecule has 0 saturated heterocycles. The normalized spacial score (nSPS) is 9.87. The Morgan fingerprint density at radius 3 is 1.67 bits per heavy atom. The van der Waals surface area contributed by atoms with E-state index in [4.69, 9.17) is 4.74 Å². The van der Waals surface area contributed by atoms with Gasteiger partial charge in [0.15, 0.2) is 0 Å². The van der Waals surface area contributed by atoms with Crippen molar-refractivity contribution in [3.63, 3.8) is 0 Å². The molecule has 1 nitrogen and oxygen atoms in total. The molecule has 0 atom stereocenters. The molecule has 0 spiro atoms. The van der Waals surface area contributed by atoms with Crippen molar-refractivity contribution in [2.75, 3.05) is 0 Å². The van der Waals surface area contributed by atoms with Gasteiger partial charge in [0.25, 0.3) is 0 Å². The van der Waals surface area contributed by atoms with Crippen LogP contribution in [0.15, 0.2) is 24.3 Å². The highest BCUT2D eigenvalue weighted by Crippen LogP contribution is 2.19. The predicted molar refractivity (Wildman–Crippen MR) is 67.6 cm³/mol. The van der Waals surface area contributed by atoms with Crippen molar-refractivity contribution in [3.05, 3.63) is 29.8 Å². The summed E-state index contributed by atoms with van der Waals surface area (Å²) in [6.45, 7) is 12.5. The monoisotopic (exact) mass is 208 g/mol. The first kappa shape index (κ1) is 14.0. The van der Waals surface area contributed by atoms with E-state index in [0.29, 0.717) is 5.92 Å². The molecule has 0 aliphatic rings. The Kier molecular flexibility index (Phi) is 6.85. The van der Waals surface area contributed by atoms with E-state index in [1.54, 1.807) is 0 Å². The van der Waals surface area contributed by atoms with Gasteiger partial charge in [0.05, 0.1) is 6.10 Å². The van der Waals surface area contributed by atoms with Crippen LogP contribution in [0, 0.1) is 0 Å². The Morgan fingerprint density at radius 1 is 0.867 bits per heavy atom. The van der Waals surface area contributed by atoms with Crippen molar-refractivity contribution in [3.8, 4) is 5.75 Å². The van der Waals surface area contributed by atoms with E-state index in [2.05, 4.69) is 26.0 Å². The smallest absolute Gasteiger partial charge is 0.119 e. The zero-order valence-corrected chi connectivity index (χ0v) is 10.9. The molecule has 0 unspecified atom stereocenters. The molecular weight excluding hydrogens is 184 g/mol. The second-order valence-corrected chi connectivity index (χ2v) is 3.89. The molecule has 1 heteroatoms. The van der Waals surface area contributed by atoms with Gasteiger partial charge in [0, 0.05) is 0 Å². The fourth-order valence-electron chi connectivity index (χ4n) is 1.20. The van der Waals surface area contributed by atoms with E-state index in [-0.39, 0.29) is 6.10 Å². The van der Waals surface area contributed by atoms with Crippen molar-refractivity contribution in [2.24, 2.45) is 0 Å². The van der Waals surface area contributed by atoms with E-state index < -0.39 is 0 Å². The minimum Gasteiger partial charge on any atom is -0.491 e. The summed E-state index contributed by atoms with van der Waals surface area (Å²) in [5.41, 5.74) is 1.36. The minimum atomic E-state index is 0.255. The Balaban J connectivity index is 0.000000921. The van der Waals surface area contributed by atoms with E-state index >= 15 is 0 Å². The maximum Gasteiger partial charge on any atom is 0.119 e. The zero-order valence-electron chi connectivity index (χ0n) is 10.9. The zero-order chi connectivity index (χ0) is 11.8. The van der Waals surface area contributed by atoms with Crippen molar-refractivity contribution in [1.29, 1.82) is 0 Å². The quantitative estimate of drug-likeness (QED) is 0.704. The Labute approximate surface area is 94.5 Å². The molecule has 0 fully saturated rings. The van der Waals surface area contributed by atoms with Crippen LogP contribution in [-0.2, 0) is 0 Å². The summed E-state index contributed by atoms with van der Waals surface area (Å²) in [6, 6.07) is 8.33. The highest BCUT2D eigenvalue weighted by atomic mass is 16.5. The number of hydrogen-bond acceptors (Lipinski definition) is 1. The third-order valence-corrected chi connectivity index (χ3v) is 1.92. The highest BCUT2D eigenvalue weighted by molar-refractivity contribution is 5.28. The summed E-state index contributed by atoms with van der Waals surface area (Å²) < 4.78 is 5.55. The van der Waals surface area contributed by atoms with Crippen molar-refractivity contribution >= 4 is 0 Å². The molecule has 0 radical (unpaired) electrons. The molecular formula is C14H24O. The molecule has 86 valence electrons. The van der Waals surface area contributed by atoms with E-state index in [1.165, 1.54) is 5.56 Å². The lowest BCUT2D eigenvalue weighted by atomic mass is 10.0. The summed E-state index contributed by atoms with van der Waals surface area (Å²) >= 11 is 0. The molecule has 1 aromatic carbocycles. The van der Waals surface area contributed by atoms with Crippen LogP contribution in [0.1, 0.15) is 53.0 Å². The number of hydrogen-bond donors (Lipinski definition) is 0. The fraction of sp³-hybridized carbons (Fsp3) is 0.571. The minimum absolute atomic E-state index is 0.255. The number of ether oxygens (including phenoxy) is 1. The van der Waals surface area contributed by atoms with E-state index in [1.807, 2.05) is 39.8 Å². The van der Waals surface area contributed by atoms with Crippen LogP contribution < -0.4 is 4.74 Å². The van der Waals surface area contributed by atoms with Crippen molar-refractivity contribution < 1.29 is 4.74 Å². The summed E-state index contributed by atoms with van der Waals surface area (Å²) in [7, 11) is 0. The first-order valence-corrected chi connectivity index (χ1v) is 5.86. The SMILES string of the molecule is CC.CC(C)Oc1ccc(C(C)C)cc1. The molecule has 0 aliphatic carbocycles. The van der Waals surface area contributed by atoms with Crippen LogP contribution in [0.5, 0.6) is 5.75 Å². The van der Waals surface area contributed by atoms with Crippen LogP contribution in [0.25, 0.3) is 0 Å². The summed E-state index contributed by atoms with van der Waals surface area (Å²) in [4.78, 5) is 0. The average molecular weight is 208 g/mol. The molecule has 0 amide bonds. The Hall–Kier alpha value is -0.980. The standard InChI is InChI=1S/C12H18O.C2H6/c1-9(2)11-5-7-12(8-6-11)13-10(3)4;1-2/h5-10H,1-4H3;1-2H3. The third-order valence-electron chi connectivity index (χ3n) is 1.92. The lowest BCUT2D eigenvalue weighted by Gasteiger charge is -2.11. The van der Waals surface area contributed by atoms with Crippen molar-refractivity contribution in [2.45, 2.75) is 53.6 Å². The topological polar surface area (TPSA) is 9.23 Å². The van der Waals surface area contributed by atoms with Gasteiger partial charge in [-0.1, -0.05) is 39.8 Å². The van der Waals surface area contributed by atoms with Gasteiger partial charge in [0.2, 0.25) is 0 Å². The van der Waals surface area contributed by atoms with Crippen LogP contribution >= 0.6 is 0 Å². The van der Waals surface area contributed by atoms with Crippen LogP contribution in [0.4, 0.5) is 0 Å². The van der Waals surface area contributed by atoms with Gasteiger partial charge in [-0.05, 0) is 37.5 Å². The summed E-state index contributed by atoms with van der Waals surface area (Å²) in [5.74, 6) is 1.55. The van der Waals surface area contributed by atoms with Gasteiger partial charge in [-0.25, -0.2) is 0 Å². The van der Waals surface area contributed by atoms with Gasteiger partial charge in [-0.2, -0.15) is 0 Å². The molecule has 0 heterocycles. The molecule has 15 heavy (non-hydrogen) atoms. The second-order valence-electron chi connectivity index (χ2n) is 3.89. The third kappa shape index (κ3) is 5.46. The predicted octanol–water partition coefficient (Wildman–Crippen LogP) is 4.62. The summed E-state index contributed by atoms with van der Waals surface area (Å²) in [6.07, 6.45) is 0.255. The van der Waals surface area contributed by atoms with Gasteiger partial charge >= 0.3 is 0 Å². The molecule has 1 rings (SSSR count). The molecule has 0 saturated carbocycles. The molecule has 0 aliphatic heterocycles. The average Bonchev–Trinajstić information content (AvgIpc) is 2.20. The molecule has 0 N–H and O–H groups in total. The van der Waals surface area contributed by atoms with Crippen LogP contribution in [-0.4, -0.2) is 6.10 Å². The maximum absolute atomic E-state index is 5.55. The Bertz CT molecular complexity index is 247. The maximum atomic E-state index is 5.55. The van der Waals surface area contributed by atoms with Gasteiger partial charge in [-0.3, -0.25) is 0 Å². The largest absolute Gasteiger partial charge is 0.491 e. The molecule has 0 bridgehead atoms. The van der Waals surface area contributed by atoms with Crippen LogP contribution in [0.3, 0.4) is 0 Å². The first-order chi connectivity index (χ1) is 7.09. The Morgan fingerprint density at radius 2 is 1.33 bits per heavy atom. The van der Waals surface area contributed by atoms with Gasteiger partial charge < -0.3 is 4.74 Å². The van der Waals surface area contributed by atoms with E-state index in [9.17, 15) is 0 Å². The molecule has 1 aromatic rings. The fourth-order valence-corrected chi connectivity index (χ4v) is 1.20. The van der Waals surface area contributed by atoms with Crippen molar-refractivity contribution in [1.82, 2.24) is 0 Å². The second kappa shape index (κ2) is 7.33. The molecule has 0 aromatic heterocycles. The first-order valence-electron chi connectivity index (χ1n) is 5.86. The number of rotatable bonds is 3. The lowest BCUT2D eigenvalue weighted by molar-refractivity contribution is 0.242. The number of benzene rings is 1. The highest BCUT2D eigenvalue weighted by Gasteiger charge is 2.00. The van der Waals surface area contributed by atoms with Gasteiger partial charge in [0.1, 0.15) is 5.75 Å². The summed E-state index contributed by atoms with van der Waals surface area (Å²) in [5, 5.41) is 0. The van der Waals surface area contributed by atoms with Gasteiger partial charge in [-0.15, -0.1) is 0 Å². The lowest BCUT2D eigenvalue weighted by Crippen LogP contribution is -2.05.